The lowest BCUT2D eigenvalue weighted by Gasteiger charge is -2.37. The van der Waals surface area contributed by atoms with Crippen LogP contribution in [0.1, 0.15) is 37.7 Å². The molecule has 24 heavy (non-hydrogen) atoms. The van der Waals surface area contributed by atoms with Gasteiger partial charge in [-0.3, -0.25) is 4.79 Å². The number of nitrogens with zero attached hydrogens (tertiary/aromatic N) is 2. The number of hydrogen-bond donors (Lipinski definition) is 1. The van der Waals surface area contributed by atoms with Crippen molar-refractivity contribution < 1.29 is 4.79 Å². The molecule has 1 aliphatic heterocycles. The Morgan fingerprint density at radius 3 is 2.58 bits per heavy atom. The minimum absolute atomic E-state index is 0.197. The highest BCUT2D eigenvalue weighted by Gasteiger charge is 2.31. The van der Waals surface area contributed by atoms with E-state index in [0.717, 1.165) is 57.1 Å². The Morgan fingerprint density at radius 2 is 1.92 bits per heavy atom. The molecule has 2 fully saturated rings. The Labute approximate surface area is 150 Å². The Balaban J connectivity index is 1.32. The summed E-state index contributed by atoms with van der Waals surface area (Å²) in [6, 6.07) is 8.41. The maximum atomic E-state index is 12.1. The van der Waals surface area contributed by atoms with Gasteiger partial charge < -0.3 is 15.1 Å². The number of likely N-dealkylation sites (N-methyl/N-ethyl adjacent to an activating group) is 1. The van der Waals surface area contributed by atoms with Crippen LogP contribution in [0.15, 0.2) is 24.3 Å². The van der Waals surface area contributed by atoms with Gasteiger partial charge in [0.15, 0.2) is 0 Å². The molecule has 0 atom stereocenters. The lowest BCUT2D eigenvalue weighted by molar-refractivity contribution is -0.122. The summed E-state index contributed by atoms with van der Waals surface area (Å²) in [5.74, 6) is 0.735. The molecule has 0 spiro atoms. The number of rotatable bonds is 6. The van der Waals surface area contributed by atoms with Crippen molar-refractivity contribution in [2.24, 2.45) is 0 Å². The maximum Gasteiger partial charge on any atom is 0.221 e. The third kappa shape index (κ3) is 4.71. The van der Waals surface area contributed by atoms with Crippen molar-refractivity contribution in [3.63, 3.8) is 0 Å². The second kappa shape index (κ2) is 8.32. The average molecular weight is 350 g/mol. The van der Waals surface area contributed by atoms with E-state index in [-0.39, 0.29) is 5.91 Å². The number of halogens is 1. The summed E-state index contributed by atoms with van der Waals surface area (Å²) in [6.45, 7) is 8.64. The van der Waals surface area contributed by atoms with E-state index in [4.69, 9.17) is 11.6 Å². The number of piperazine rings is 1. The molecule has 5 heteroatoms. The van der Waals surface area contributed by atoms with Gasteiger partial charge in [0, 0.05) is 50.2 Å². The summed E-state index contributed by atoms with van der Waals surface area (Å²) >= 11 is 6.05. The van der Waals surface area contributed by atoms with E-state index in [1.54, 1.807) is 0 Å². The molecular weight excluding hydrogens is 322 g/mol. The minimum Gasteiger partial charge on any atom is -0.353 e. The average Bonchev–Trinajstić information content (AvgIpc) is 2.56. The van der Waals surface area contributed by atoms with Gasteiger partial charge in [-0.2, -0.15) is 0 Å². The Bertz CT molecular complexity index is 551. The predicted octanol–water partition coefficient (Wildman–Crippen LogP) is 2.73. The van der Waals surface area contributed by atoms with E-state index in [1.165, 1.54) is 5.56 Å². The molecule has 3 rings (SSSR count). The Kier molecular flexibility index (Phi) is 6.14. The third-order valence-corrected chi connectivity index (χ3v) is 5.63. The van der Waals surface area contributed by atoms with E-state index < -0.39 is 0 Å². The summed E-state index contributed by atoms with van der Waals surface area (Å²) in [4.78, 5) is 17.0. The van der Waals surface area contributed by atoms with Crippen molar-refractivity contribution in [2.75, 3.05) is 39.3 Å². The fourth-order valence-corrected chi connectivity index (χ4v) is 3.86. The Hall–Kier alpha value is -1.10. The van der Waals surface area contributed by atoms with Gasteiger partial charge in [0.05, 0.1) is 0 Å². The summed E-state index contributed by atoms with van der Waals surface area (Å²) in [5, 5.41) is 3.98. The fraction of sp³-hybridized carbons (Fsp3) is 0.632. The van der Waals surface area contributed by atoms with Gasteiger partial charge in [-0.1, -0.05) is 30.7 Å². The number of amides is 1. The van der Waals surface area contributed by atoms with E-state index >= 15 is 0 Å². The van der Waals surface area contributed by atoms with Crippen LogP contribution in [-0.2, 0) is 4.79 Å². The topological polar surface area (TPSA) is 35.6 Å². The summed E-state index contributed by atoms with van der Waals surface area (Å²) in [6.07, 6.45) is 2.67. The van der Waals surface area contributed by atoms with Crippen LogP contribution in [0.3, 0.4) is 0 Å². The second-order valence-corrected chi connectivity index (χ2v) is 7.45. The molecule has 2 aliphatic rings. The van der Waals surface area contributed by atoms with Crippen molar-refractivity contribution in [1.82, 2.24) is 15.1 Å². The molecule has 1 aromatic carbocycles. The number of benzene rings is 1. The lowest BCUT2D eigenvalue weighted by atomic mass is 9.76. The highest BCUT2D eigenvalue weighted by molar-refractivity contribution is 6.30. The van der Waals surface area contributed by atoms with Gasteiger partial charge in [0.1, 0.15) is 0 Å². The first-order chi connectivity index (χ1) is 11.6. The smallest absolute Gasteiger partial charge is 0.221 e. The highest BCUT2D eigenvalue weighted by Crippen LogP contribution is 2.37. The maximum absolute atomic E-state index is 12.1. The Morgan fingerprint density at radius 1 is 1.21 bits per heavy atom. The zero-order valence-electron chi connectivity index (χ0n) is 14.5. The molecule has 1 heterocycles. The first-order valence-corrected chi connectivity index (χ1v) is 9.51. The molecule has 1 saturated heterocycles. The van der Waals surface area contributed by atoms with Gasteiger partial charge in [-0.25, -0.2) is 0 Å². The van der Waals surface area contributed by atoms with Crippen molar-refractivity contribution in [2.45, 2.75) is 38.1 Å². The number of carbonyl (C=O) groups excluding carboxylic acids is 1. The largest absolute Gasteiger partial charge is 0.353 e. The molecule has 1 amide bonds. The molecule has 1 aliphatic carbocycles. The van der Waals surface area contributed by atoms with E-state index in [1.807, 2.05) is 18.2 Å². The number of carbonyl (C=O) groups is 1. The van der Waals surface area contributed by atoms with Gasteiger partial charge in [-0.15, -0.1) is 0 Å². The number of nitrogens with one attached hydrogen (secondary N) is 1. The zero-order chi connectivity index (χ0) is 16.9. The molecule has 1 aromatic rings. The molecule has 0 radical (unpaired) electrons. The van der Waals surface area contributed by atoms with Gasteiger partial charge in [0.25, 0.3) is 0 Å². The van der Waals surface area contributed by atoms with Gasteiger partial charge in [-0.05, 0) is 43.0 Å². The van der Waals surface area contributed by atoms with Crippen LogP contribution >= 0.6 is 11.6 Å². The molecule has 1 saturated carbocycles. The quantitative estimate of drug-likeness (QED) is 0.857. The van der Waals surface area contributed by atoms with Crippen LogP contribution in [0.25, 0.3) is 0 Å². The fourth-order valence-electron chi connectivity index (χ4n) is 3.66. The van der Waals surface area contributed by atoms with Crippen LogP contribution < -0.4 is 5.32 Å². The predicted molar refractivity (Wildman–Crippen MR) is 98.5 cm³/mol. The van der Waals surface area contributed by atoms with Crippen LogP contribution in [-0.4, -0.2) is 61.0 Å². The van der Waals surface area contributed by atoms with Gasteiger partial charge in [0.2, 0.25) is 5.91 Å². The molecule has 1 N–H and O–H groups in total. The van der Waals surface area contributed by atoms with Crippen molar-refractivity contribution in [1.29, 1.82) is 0 Å². The first kappa shape index (κ1) is 17.7. The zero-order valence-corrected chi connectivity index (χ0v) is 15.3. The van der Waals surface area contributed by atoms with Gasteiger partial charge >= 0.3 is 0 Å². The SMILES string of the molecule is CCN1CCN(CCC(=O)NC2CC(c3cccc(Cl)c3)C2)CC1. The van der Waals surface area contributed by atoms with Crippen LogP contribution in [0, 0.1) is 0 Å². The van der Waals surface area contributed by atoms with Crippen molar-refractivity contribution >= 4 is 17.5 Å². The van der Waals surface area contributed by atoms with E-state index in [0.29, 0.717) is 18.4 Å². The van der Waals surface area contributed by atoms with Crippen molar-refractivity contribution in [3.8, 4) is 0 Å². The second-order valence-electron chi connectivity index (χ2n) is 7.01. The molecule has 0 bridgehead atoms. The molecule has 0 unspecified atom stereocenters. The summed E-state index contributed by atoms with van der Waals surface area (Å²) in [7, 11) is 0. The molecule has 4 nitrogen and oxygen atoms in total. The third-order valence-electron chi connectivity index (χ3n) is 5.39. The molecular formula is C19H28ClN3O. The molecule has 132 valence electrons. The molecule has 0 aromatic heterocycles. The van der Waals surface area contributed by atoms with Crippen LogP contribution in [0.5, 0.6) is 0 Å². The highest BCUT2D eigenvalue weighted by atomic mass is 35.5. The monoisotopic (exact) mass is 349 g/mol. The standard InChI is InChI=1S/C19H28ClN3O/c1-2-22-8-10-23(11-9-22)7-6-19(24)21-18-13-16(14-18)15-4-3-5-17(20)12-15/h3-5,12,16,18H,2,6-11,13-14H2,1H3,(H,21,24). The summed E-state index contributed by atoms with van der Waals surface area (Å²) < 4.78 is 0. The lowest BCUT2D eigenvalue weighted by Crippen LogP contribution is -2.48. The van der Waals surface area contributed by atoms with E-state index in [9.17, 15) is 4.79 Å². The van der Waals surface area contributed by atoms with Crippen LogP contribution in [0.4, 0.5) is 0 Å². The van der Waals surface area contributed by atoms with Crippen molar-refractivity contribution in [3.05, 3.63) is 34.9 Å². The summed E-state index contributed by atoms with van der Waals surface area (Å²) in [5.41, 5.74) is 1.29. The first-order valence-electron chi connectivity index (χ1n) is 9.13. The minimum atomic E-state index is 0.197. The van der Waals surface area contributed by atoms with E-state index in [2.05, 4.69) is 28.1 Å². The number of hydrogen-bond acceptors (Lipinski definition) is 3. The normalized spacial score (nSPS) is 25.2. The van der Waals surface area contributed by atoms with Crippen LogP contribution in [0.2, 0.25) is 5.02 Å².